The van der Waals surface area contributed by atoms with Crippen LogP contribution >= 0.6 is 0 Å². The number of para-hydroxylation sites is 1. The Bertz CT molecular complexity index is 543. The second-order valence-corrected chi connectivity index (χ2v) is 5.99. The van der Waals surface area contributed by atoms with Gasteiger partial charge in [0.25, 0.3) is 5.91 Å². The molecule has 3 rings (SSSR count). The Morgan fingerprint density at radius 3 is 2.68 bits per heavy atom. The molecule has 2 aliphatic heterocycles. The summed E-state index contributed by atoms with van der Waals surface area (Å²) in [6.45, 7) is 6.15. The molecule has 102 valence electrons. The maximum Gasteiger partial charge on any atom is 0.281 e. The summed E-state index contributed by atoms with van der Waals surface area (Å²) in [6.07, 6.45) is 0.538. The summed E-state index contributed by atoms with van der Waals surface area (Å²) >= 11 is 0. The van der Waals surface area contributed by atoms with Crippen LogP contribution in [0.2, 0.25) is 0 Å². The minimum absolute atomic E-state index is 0.352. The van der Waals surface area contributed by atoms with E-state index in [-0.39, 0.29) is 11.5 Å². The van der Waals surface area contributed by atoms with E-state index < -0.39 is 5.66 Å². The first-order chi connectivity index (χ1) is 8.85. The van der Waals surface area contributed by atoms with Crippen molar-refractivity contribution in [2.24, 2.45) is 0 Å². The SMILES string of the molecule is CC1(C)CC2(C)N(O)C(=O)c3ccccc3N2CO1. The van der Waals surface area contributed by atoms with Gasteiger partial charge in [-0.05, 0) is 32.9 Å². The molecule has 0 radical (unpaired) electrons. The lowest BCUT2D eigenvalue weighted by Gasteiger charge is -2.56. The Kier molecular flexibility index (Phi) is 2.43. The first kappa shape index (κ1) is 12.4. The van der Waals surface area contributed by atoms with Crippen molar-refractivity contribution in [1.82, 2.24) is 5.06 Å². The zero-order chi connectivity index (χ0) is 13.8. The molecular weight excluding hydrogens is 244 g/mol. The normalized spacial score (nSPS) is 28.9. The molecule has 5 nitrogen and oxygen atoms in total. The van der Waals surface area contributed by atoms with Gasteiger partial charge in [0, 0.05) is 6.42 Å². The molecule has 0 aliphatic carbocycles. The summed E-state index contributed by atoms with van der Waals surface area (Å²) in [5, 5.41) is 11.1. The molecule has 1 aromatic rings. The summed E-state index contributed by atoms with van der Waals surface area (Å²) in [7, 11) is 0. The van der Waals surface area contributed by atoms with Crippen molar-refractivity contribution in [3.05, 3.63) is 29.8 Å². The smallest absolute Gasteiger partial charge is 0.281 e. The first-order valence-electron chi connectivity index (χ1n) is 6.39. The standard InChI is InChI=1S/C14H18N2O3/c1-13(2)8-14(3)15(9-19-13)11-7-5-4-6-10(11)12(17)16(14)18/h4-7,18H,8-9H2,1-3H3. The zero-order valence-corrected chi connectivity index (χ0v) is 11.4. The Labute approximate surface area is 112 Å². The number of carbonyl (C=O) groups is 1. The molecule has 1 atom stereocenters. The van der Waals surface area contributed by atoms with E-state index in [9.17, 15) is 10.0 Å². The number of fused-ring (bicyclic) bond motifs is 3. The number of hydroxylamine groups is 2. The number of nitrogens with zero attached hydrogens (tertiary/aromatic N) is 2. The van der Waals surface area contributed by atoms with Gasteiger partial charge in [0.15, 0.2) is 0 Å². The van der Waals surface area contributed by atoms with Crippen LogP contribution in [-0.2, 0) is 4.74 Å². The van der Waals surface area contributed by atoms with Crippen molar-refractivity contribution in [2.75, 3.05) is 11.6 Å². The molecule has 0 spiro atoms. The molecule has 2 heterocycles. The summed E-state index contributed by atoms with van der Waals surface area (Å²) in [6, 6.07) is 7.29. The van der Waals surface area contributed by atoms with Gasteiger partial charge in [0.1, 0.15) is 12.4 Å². The highest BCUT2D eigenvalue weighted by molar-refractivity contribution is 6.01. The van der Waals surface area contributed by atoms with E-state index in [1.54, 1.807) is 12.1 Å². The maximum atomic E-state index is 12.3. The molecule has 0 bridgehead atoms. The van der Waals surface area contributed by atoms with E-state index in [1.807, 2.05) is 37.8 Å². The Balaban J connectivity index is 2.14. The maximum absolute atomic E-state index is 12.3. The van der Waals surface area contributed by atoms with E-state index in [0.717, 1.165) is 10.8 Å². The predicted molar refractivity (Wildman–Crippen MR) is 69.9 cm³/mol. The molecule has 0 aromatic heterocycles. The second-order valence-electron chi connectivity index (χ2n) is 5.99. The molecule has 1 aromatic carbocycles. The van der Waals surface area contributed by atoms with Crippen molar-refractivity contribution in [1.29, 1.82) is 0 Å². The fourth-order valence-electron chi connectivity index (χ4n) is 3.07. The number of hydrogen-bond donors (Lipinski definition) is 1. The van der Waals surface area contributed by atoms with Gasteiger partial charge >= 0.3 is 0 Å². The Morgan fingerprint density at radius 1 is 1.26 bits per heavy atom. The number of rotatable bonds is 0. The van der Waals surface area contributed by atoms with E-state index in [0.29, 0.717) is 18.7 Å². The Morgan fingerprint density at radius 2 is 1.95 bits per heavy atom. The largest absolute Gasteiger partial charge is 0.355 e. The number of anilines is 1. The molecular formula is C14H18N2O3. The molecule has 1 fully saturated rings. The van der Waals surface area contributed by atoms with Crippen molar-refractivity contribution in [3.63, 3.8) is 0 Å². The van der Waals surface area contributed by atoms with Gasteiger partial charge in [0.05, 0.1) is 16.9 Å². The molecule has 1 saturated heterocycles. The van der Waals surface area contributed by atoms with Crippen LogP contribution in [0.3, 0.4) is 0 Å². The molecule has 19 heavy (non-hydrogen) atoms. The summed E-state index contributed by atoms with van der Waals surface area (Å²) in [5.41, 5.74) is 0.174. The zero-order valence-electron chi connectivity index (χ0n) is 11.4. The number of carbonyl (C=O) groups excluding carboxylic acids is 1. The van der Waals surface area contributed by atoms with Crippen LogP contribution in [0.4, 0.5) is 5.69 Å². The lowest BCUT2D eigenvalue weighted by atomic mass is 9.88. The highest BCUT2D eigenvalue weighted by Gasteiger charge is 2.52. The van der Waals surface area contributed by atoms with Gasteiger partial charge in [-0.2, -0.15) is 5.06 Å². The molecule has 1 N–H and O–H groups in total. The monoisotopic (exact) mass is 262 g/mol. The van der Waals surface area contributed by atoms with Gasteiger partial charge in [0.2, 0.25) is 0 Å². The van der Waals surface area contributed by atoms with Gasteiger partial charge in [-0.15, -0.1) is 0 Å². The molecule has 1 amide bonds. The molecule has 5 heteroatoms. The lowest BCUT2D eigenvalue weighted by molar-refractivity contribution is -0.188. The molecule has 0 saturated carbocycles. The average molecular weight is 262 g/mol. The highest BCUT2D eigenvalue weighted by Crippen LogP contribution is 2.43. The van der Waals surface area contributed by atoms with E-state index in [2.05, 4.69) is 0 Å². The van der Waals surface area contributed by atoms with Crippen LogP contribution < -0.4 is 4.90 Å². The summed E-state index contributed by atoms with van der Waals surface area (Å²) in [5.74, 6) is -0.355. The fourth-order valence-corrected chi connectivity index (χ4v) is 3.07. The topological polar surface area (TPSA) is 53.0 Å². The predicted octanol–water partition coefficient (Wildman–Crippen LogP) is 2.21. The van der Waals surface area contributed by atoms with E-state index in [1.165, 1.54) is 0 Å². The van der Waals surface area contributed by atoms with E-state index >= 15 is 0 Å². The van der Waals surface area contributed by atoms with Crippen LogP contribution in [-0.4, -0.2) is 34.2 Å². The van der Waals surface area contributed by atoms with Crippen LogP contribution in [0.5, 0.6) is 0 Å². The van der Waals surface area contributed by atoms with Crippen LogP contribution in [0.15, 0.2) is 24.3 Å². The van der Waals surface area contributed by atoms with Crippen LogP contribution in [0, 0.1) is 0 Å². The minimum atomic E-state index is -0.771. The number of benzene rings is 1. The average Bonchev–Trinajstić information content (AvgIpc) is 2.35. The van der Waals surface area contributed by atoms with Gasteiger partial charge < -0.3 is 9.64 Å². The Hall–Kier alpha value is -1.59. The quantitative estimate of drug-likeness (QED) is 0.728. The third kappa shape index (κ3) is 1.65. The number of ether oxygens (including phenoxy) is 1. The van der Waals surface area contributed by atoms with Crippen LogP contribution in [0.25, 0.3) is 0 Å². The number of amides is 1. The minimum Gasteiger partial charge on any atom is -0.355 e. The highest BCUT2D eigenvalue weighted by atomic mass is 16.5. The molecule has 2 aliphatic rings. The van der Waals surface area contributed by atoms with Crippen molar-refractivity contribution in [3.8, 4) is 0 Å². The summed E-state index contributed by atoms with van der Waals surface area (Å²) < 4.78 is 5.82. The fraction of sp³-hybridized carbons (Fsp3) is 0.500. The number of hydrogen-bond acceptors (Lipinski definition) is 4. The second kappa shape index (κ2) is 3.71. The first-order valence-corrected chi connectivity index (χ1v) is 6.39. The van der Waals surface area contributed by atoms with Crippen molar-refractivity contribution in [2.45, 2.75) is 38.5 Å². The van der Waals surface area contributed by atoms with Gasteiger partial charge in [-0.25, -0.2) is 0 Å². The summed E-state index contributed by atoms with van der Waals surface area (Å²) in [4.78, 5) is 14.2. The van der Waals surface area contributed by atoms with Gasteiger partial charge in [-0.1, -0.05) is 12.1 Å². The van der Waals surface area contributed by atoms with Crippen LogP contribution in [0.1, 0.15) is 37.6 Å². The lowest BCUT2D eigenvalue weighted by Crippen LogP contribution is -2.68. The third-order valence-corrected chi connectivity index (χ3v) is 4.00. The van der Waals surface area contributed by atoms with E-state index in [4.69, 9.17) is 4.74 Å². The van der Waals surface area contributed by atoms with Gasteiger partial charge in [-0.3, -0.25) is 10.0 Å². The third-order valence-electron chi connectivity index (χ3n) is 4.00. The van der Waals surface area contributed by atoms with Crippen molar-refractivity contribution >= 4 is 11.6 Å². The molecule has 1 unspecified atom stereocenters. The van der Waals surface area contributed by atoms with Crippen molar-refractivity contribution < 1.29 is 14.7 Å².